The molecule has 6 nitrogen and oxygen atoms in total. The van der Waals surface area contributed by atoms with Gasteiger partial charge in [-0.3, -0.25) is 14.4 Å². The molecule has 2 aromatic carbocycles. The van der Waals surface area contributed by atoms with Crippen molar-refractivity contribution in [3.8, 4) is 0 Å². The molecule has 1 atom stereocenters. The largest absolute Gasteiger partial charge is 0.341 e. The normalized spacial score (nSPS) is 14.8. The third kappa shape index (κ3) is 4.08. The zero-order valence-electron chi connectivity index (χ0n) is 14.6. The predicted molar refractivity (Wildman–Crippen MR) is 99.7 cm³/mol. The minimum absolute atomic E-state index is 0.0721. The van der Waals surface area contributed by atoms with E-state index < -0.39 is 11.8 Å². The fourth-order valence-corrected chi connectivity index (χ4v) is 2.95. The number of benzene rings is 2. The van der Waals surface area contributed by atoms with Crippen LogP contribution in [0.5, 0.6) is 0 Å². The van der Waals surface area contributed by atoms with Gasteiger partial charge in [0.15, 0.2) is 0 Å². The summed E-state index contributed by atoms with van der Waals surface area (Å²) in [4.78, 5) is 37.8. The third-order valence-electron chi connectivity index (χ3n) is 4.34. The van der Waals surface area contributed by atoms with E-state index in [1.807, 2.05) is 43.3 Å². The van der Waals surface area contributed by atoms with Crippen LogP contribution in [-0.4, -0.2) is 24.3 Å². The first-order valence-corrected chi connectivity index (χ1v) is 8.62. The van der Waals surface area contributed by atoms with Gasteiger partial charge in [0.1, 0.15) is 0 Å². The second-order valence-electron chi connectivity index (χ2n) is 6.26. The molecular formula is C20H21N3O3. The standard InChI is InChI=1S/C20H21N3O3/c1-14(15-7-3-2-4-8-15)21-19(25)20(26)22-16-9-5-10-17(13-16)23-12-6-11-18(23)24/h2-5,7-10,13-14H,6,11-12H2,1H3,(H,21,25)(H,22,26). The van der Waals surface area contributed by atoms with E-state index in [1.165, 1.54) is 0 Å². The summed E-state index contributed by atoms with van der Waals surface area (Å²) >= 11 is 0. The van der Waals surface area contributed by atoms with Gasteiger partial charge in [-0.25, -0.2) is 0 Å². The van der Waals surface area contributed by atoms with Crippen molar-refractivity contribution < 1.29 is 14.4 Å². The Kier molecular flexibility index (Phi) is 5.31. The quantitative estimate of drug-likeness (QED) is 0.831. The molecule has 0 aliphatic carbocycles. The zero-order valence-corrected chi connectivity index (χ0v) is 14.6. The Morgan fingerprint density at radius 3 is 2.50 bits per heavy atom. The van der Waals surface area contributed by atoms with Gasteiger partial charge in [0, 0.05) is 24.3 Å². The third-order valence-corrected chi connectivity index (χ3v) is 4.34. The summed E-state index contributed by atoms with van der Waals surface area (Å²) in [6.07, 6.45) is 1.37. The summed E-state index contributed by atoms with van der Waals surface area (Å²) in [6.45, 7) is 2.49. The highest BCUT2D eigenvalue weighted by Gasteiger charge is 2.22. The van der Waals surface area contributed by atoms with Crippen LogP contribution < -0.4 is 15.5 Å². The summed E-state index contributed by atoms with van der Waals surface area (Å²) < 4.78 is 0. The Morgan fingerprint density at radius 1 is 1.04 bits per heavy atom. The van der Waals surface area contributed by atoms with E-state index >= 15 is 0 Å². The maximum atomic E-state index is 12.2. The van der Waals surface area contributed by atoms with Crippen LogP contribution in [0.4, 0.5) is 11.4 Å². The number of carbonyl (C=O) groups is 3. The molecule has 1 fully saturated rings. The van der Waals surface area contributed by atoms with Crippen molar-refractivity contribution in [1.29, 1.82) is 0 Å². The van der Waals surface area contributed by atoms with Crippen molar-refractivity contribution in [2.45, 2.75) is 25.8 Å². The Morgan fingerprint density at radius 2 is 1.81 bits per heavy atom. The molecule has 1 aliphatic rings. The molecule has 0 spiro atoms. The number of nitrogens with one attached hydrogen (secondary N) is 2. The molecule has 1 saturated heterocycles. The molecule has 2 aromatic rings. The number of hydrogen-bond acceptors (Lipinski definition) is 3. The maximum absolute atomic E-state index is 12.2. The van der Waals surface area contributed by atoms with Crippen LogP contribution >= 0.6 is 0 Å². The Balaban J connectivity index is 1.62. The van der Waals surface area contributed by atoms with Crippen molar-refractivity contribution >= 4 is 29.1 Å². The van der Waals surface area contributed by atoms with Crippen molar-refractivity contribution in [3.05, 3.63) is 60.2 Å². The molecule has 0 bridgehead atoms. The van der Waals surface area contributed by atoms with Crippen LogP contribution in [0, 0.1) is 0 Å². The number of anilines is 2. The molecule has 3 rings (SSSR count). The van der Waals surface area contributed by atoms with Crippen LogP contribution in [-0.2, 0) is 14.4 Å². The SMILES string of the molecule is CC(NC(=O)C(=O)Nc1cccc(N2CCCC2=O)c1)c1ccccc1. The van der Waals surface area contributed by atoms with Gasteiger partial charge < -0.3 is 15.5 Å². The molecule has 1 heterocycles. The second kappa shape index (κ2) is 7.82. The van der Waals surface area contributed by atoms with E-state index in [1.54, 1.807) is 23.1 Å². The van der Waals surface area contributed by atoms with Crippen LogP contribution in [0.3, 0.4) is 0 Å². The average Bonchev–Trinajstić information content (AvgIpc) is 3.08. The number of amides is 3. The lowest BCUT2D eigenvalue weighted by atomic mass is 10.1. The van der Waals surface area contributed by atoms with Crippen LogP contribution in [0.1, 0.15) is 31.4 Å². The van der Waals surface area contributed by atoms with Gasteiger partial charge in [0.2, 0.25) is 5.91 Å². The average molecular weight is 351 g/mol. The van der Waals surface area contributed by atoms with E-state index in [0.717, 1.165) is 17.7 Å². The van der Waals surface area contributed by atoms with Gasteiger partial charge in [0.25, 0.3) is 0 Å². The monoisotopic (exact) mass is 351 g/mol. The molecule has 0 radical (unpaired) electrons. The van der Waals surface area contributed by atoms with Crippen LogP contribution in [0.2, 0.25) is 0 Å². The topological polar surface area (TPSA) is 78.5 Å². The fraction of sp³-hybridized carbons (Fsp3) is 0.250. The Hall–Kier alpha value is -3.15. The van der Waals surface area contributed by atoms with Gasteiger partial charge >= 0.3 is 11.8 Å². The van der Waals surface area contributed by atoms with Gasteiger partial charge in [0.05, 0.1) is 6.04 Å². The van der Waals surface area contributed by atoms with Gasteiger partial charge in [-0.2, -0.15) is 0 Å². The van der Waals surface area contributed by atoms with E-state index in [9.17, 15) is 14.4 Å². The van der Waals surface area contributed by atoms with E-state index in [2.05, 4.69) is 10.6 Å². The minimum atomic E-state index is -0.738. The molecule has 134 valence electrons. The highest BCUT2D eigenvalue weighted by molar-refractivity contribution is 6.39. The van der Waals surface area contributed by atoms with Crippen LogP contribution in [0.15, 0.2) is 54.6 Å². The maximum Gasteiger partial charge on any atom is 0.313 e. The van der Waals surface area contributed by atoms with Gasteiger partial charge in [-0.15, -0.1) is 0 Å². The molecule has 3 amide bonds. The van der Waals surface area contributed by atoms with E-state index in [4.69, 9.17) is 0 Å². The Bertz CT molecular complexity index is 820. The van der Waals surface area contributed by atoms with Crippen molar-refractivity contribution in [2.24, 2.45) is 0 Å². The summed E-state index contributed by atoms with van der Waals surface area (Å²) in [7, 11) is 0. The molecule has 1 aliphatic heterocycles. The smallest absolute Gasteiger partial charge is 0.313 e. The summed E-state index contributed by atoms with van der Waals surface area (Å²) in [6, 6.07) is 16.1. The number of rotatable bonds is 4. The molecule has 0 aromatic heterocycles. The van der Waals surface area contributed by atoms with Gasteiger partial charge in [-0.05, 0) is 37.1 Å². The first-order valence-electron chi connectivity index (χ1n) is 8.62. The first kappa shape index (κ1) is 17.7. The molecule has 6 heteroatoms. The minimum Gasteiger partial charge on any atom is -0.341 e. The lowest BCUT2D eigenvalue weighted by molar-refractivity contribution is -0.136. The lowest BCUT2D eigenvalue weighted by Crippen LogP contribution is -2.36. The molecule has 2 N–H and O–H groups in total. The fourth-order valence-electron chi connectivity index (χ4n) is 2.95. The van der Waals surface area contributed by atoms with E-state index in [-0.39, 0.29) is 11.9 Å². The predicted octanol–water partition coefficient (Wildman–Crippen LogP) is 2.63. The highest BCUT2D eigenvalue weighted by Crippen LogP contribution is 2.24. The lowest BCUT2D eigenvalue weighted by Gasteiger charge is -2.17. The molecule has 1 unspecified atom stereocenters. The van der Waals surface area contributed by atoms with Crippen LogP contribution in [0.25, 0.3) is 0 Å². The van der Waals surface area contributed by atoms with E-state index in [0.29, 0.717) is 18.7 Å². The Labute approximate surface area is 152 Å². The van der Waals surface area contributed by atoms with Crippen molar-refractivity contribution in [1.82, 2.24) is 5.32 Å². The van der Waals surface area contributed by atoms with Crippen molar-refractivity contribution in [3.63, 3.8) is 0 Å². The molecular weight excluding hydrogens is 330 g/mol. The summed E-state index contributed by atoms with van der Waals surface area (Å²) in [5.41, 5.74) is 2.13. The first-order chi connectivity index (χ1) is 12.5. The molecule has 26 heavy (non-hydrogen) atoms. The zero-order chi connectivity index (χ0) is 18.5. The summed E-state index contributed by atoms with van der Waals surface area (Å²) in [5.74, 6) is -1.37. The number of nitrogens with zero attached hydrogens (tertiary/aromatic N) is 1. The summed E-state index contributed by atoms with van der Waals surface area (Å²) in [5, 5.41) is 5.27. The molecule has 0 saturated carbocycles. The second-order valence-corrected chi connectivity index (χ2v) is 6.26. The van der Waals surface area contributed by atoms with Crippen molar-refractivity contribution in [2.75, 3.05) is 16.8 Å². The number of hydrogen-bond donors (Lipinski definition) is 2. The number of carbonyl (C=O) groups excluding carboxylic acids is 3. The van der Waals surface area contributed by atoms with Gasteiger partial charge in [-0.1, -0.05) is 36.4 Å². The highest BCUT2D eigenvalue weighted by atomic mass is 16.2.